The molecule has 0 spiro atoms. The molecule has 2 heterocycles. The van der Waals surface area contributed by atoms with Crippen molar-refractivity contribution in [2.75, 3.05) is 18.0 Å². The second kappa shape index (κ2) is 6.44. The van der Waals surface area contributed by atoms with E-state index in [1.165, 1.54) is 5.69 Å². The Morgan fingerprint density at radius 1 is 1.30 bits per heavy atom. The highest BCUT2D eigenvalue weighted by molar-refractivity contribution is 5.80. The fourth-order valence-electron chi connectivity index (χ4n) is 3.22. The van der Waals surface area contributed by atoms with Gasteiger partial charge in [0.05, 0.1) is 5.69 Å². The van der Waals surface area contributed by atoms with E-state index >= 15 is 0 Å². The van der Waals surface area contributed by atoms with Crippen molar-refractivity contribution >= 4 is 11.6 Å². The Labute approximate surface area is 137 Å². The van der Waals surface area contributed by atoms with Crippen LogP contribution in [0.4, 0.5) is 5.69 Å². The van der Waals surface area contributed by atoms with Crippen LogP contribution in [0.5, 0.6) is 0 Å². The first-order valence-electron chi connectivity index (χ1n) is 8.17. The van der Waals surface area contributed by atoms with Crippen LogP contribution in [0.3, 0.4) is 0 Å². The van der Waals surface area contributed by atoms with Gasteiger partial charge in [0.1, 0.15) is 6.04 Å². The van der Waals surface area contributed by atoms with E-state index in [9.17, 15) is 4.79 Å². The van der Waals surface area contributed by atoms with Crippen molar-refractivity contribution in [3.8, 4) is 0 Å². The van der Waals surface area contributed by atoms with Crippen molar-refractivity contribution < 1.29 is 4.79 Å². The highest BCUT2D eigenvalue weighted by Crippen LogP contribution is 2.20. The molecule has 0 bridgehead atoms. The van der Waals surface area contributed by atoms with Gasteiger partial charge in [-0.05, 0) is 45.4 Å². The molecule has 1 aliphatic heterocycles. The molecule has 3 rings (SSSR count). The summed E-state index contributed by atoms with van der Waals surface area (Å²) in [4.78, 5) is 14.8. The van der Waals surface area contributed by atoms with Gasteiger partial charge in [0.25, 0.3) is 0 Å². The number of aromatic nitrogens is 2. The van der Waals surface area contributed by atoms with Crippen LogP contribution in [0.15, 0.2) is 36.4 Å². The molecular weight excluding hydrogens is 288 g/mol. The van der Waals surface area contributed by atoms with Crippen LogP contribution in [0.1, 0.15) is 30.8 Å². The molecule has 1 aliphatic rings. The fourth-order valence-corrected chi connectivity index (χ4v) is 3.22. The molecule has 0 saturated carbocycles. The first kappa shape index (κ1) is 15.6. The standard InChI is InChI=1S/C18H24N4O/c1-13-11-14(2)22(20-13)15(3)18(23)19-16-9-10-21(12-16)17-7-5-4-6-8-17/h4-8,11,15-16H,9-10,12H2,1-3H3,(H,19,23)/t15-,16+/m0/s1. The highest BCUT2D eigenvalue weighted by Gasteiger charge is 2.26. The van der Waals surface area contributed by atoms with Gasteiger partial charge in [-0.3, -0.25) is 9.48 Å². The zero-order valence-electron chi connectivity index (χ0n) is 14.0. The minimum atomic E-state index is -0.283. The average molecular weight is 312 g/mol. The molecule has 5 heteroatoms. The van der Waals surface area contributed by atoms with Gasteiger partial charge in [-0.25, -0.2) is 0 Å². The van der Waals surface area contributed by atoms with E-state index in [1.54, 1.807) is 4.68 Å². The van der Waals surface area contributed by atoms with Gasteiger partial charge < -0.3 is 10.2 Å². The summed E-state index contributed by atoms with van der Waals surface area (Å²) in [5.74, 6) is 0.0381. The average Bonchev–Trinajstić information content (AvgIpc) is 3.13. The van der Waals surface area contributed by atoms with Crippen LogP contribution >= 0.6 is 0 Å². The van der Waals surface area contributed by atoms with Crippen molar-refractivity contribution in [3.05, 3.63) is 47.8 Å². The second-order valence-corrected chi connectivity index (χ2v) is 6.32. The molecule has 2 atom stereocenters. The summed E-state index contributed by atoms with van der Waals surface area (Å²) in [6.45, 7) is 7.67. The normalized spacial score (nSPS) is 18.9. The lowest BCUT2D eigenvalue weighted by Gasteiger charge is -2.20. The summed E-state index contributed by atoms with van der Waals surface area (Å²) in [7, 11) is 0. The predicted molar refractivity (Wildman–Crippen MR) is 91.6 cm³/mol. The molecule has 0 unspecified atom stereocenters. The largest absolute Gasteiger partial charge is 0.369 e. The Morgan fingerprint density at radius 2 is 2.04 bits per heavy atom. The SMILES string of the molecule is Cc1cc(C)n([C@@H](C)C(=O)N[C@@H]2CCN(c3ccccc3)C2)n1. The summed E-state index contributed by atoms with van der Waals surface area (Å²) in [5, 5.41) is 7.59. The van der Waals surface area contributed by atoms with Crippen LogP contribution in [-0.4, -0.2) is 34.8 Å². The maximum atomic E-state index is 12.5. The molecule has 5 nitrogen and oxygen atoms in total. The lowest BCUT2D eigenvalue weighted by atomic mass is 10.2. The molecule has 1 aromatic carbocycles. The van der Waals surface area contributed by atoms with Crippen LogP contribution < -0.4 is 10.2 Å². The van der Waals surface area contributed by atoms with Crippen LogP contribution in [0.2, 0.25) is 0 Å². The third-order valence-corrected chi connectivity index (χ3v) is 4.45. The molecule has 1 aromatic heterocycles. The smallest absolute Gasteiger partial charge is 0.244 e. The number of carbonyl (C=O) groups is 1. The van der Waals surface area contributed by atoms with E-state index in [1.807, 2.05) is 45.0 Å². The molecule has 1 amide bonds. The van der Waals surface area contributed by atoms with Crippen LogP contribution in [0, 0.1) is 13.8 Å². The number of nitrogens with one attached hydrogen (secondary N) is 1. The molecule has 1 fully saturated rings. The molecule has 1 saturated heterocycles. The Morgan fingerprint density at radius 3 is 2.70 bits per heavy atom. The molecule has 23 heavy (non-hydrogen) atoms. The van der Waals surface area contributed by atoms with Gasteiger partial charge in [-0.15, -0.1) is 0 Å². The van der Waals surface area contributed by atoms with E-state index < -0.39 is 0 Å². The number of nitrogens with zero attached hydrogens (tertiary/aromatic N) is 3. The van der Waals surface area contributed by atoms with Gasteiger partial charge in [-0.1, -0.05) is 18.2 Å². The predicted octanol–water partition coefficient (Wildman–Crippen LogP) is 2.46. The number of hydrogen-bond donors (Lipinski definition) is 1. The van der Waals surface area contributed by atoms with Crippen molar-refractivity contribution in [1.82, 2.24) is 15.1 Å². The van der Waals surface area contributed by atoms with E-state index in [2.05, 4.69) is 27.4 Å². The van der Waals surface area contributed by atoms with Gasteiger partial charge in [-0.2, -0.15) is 5.10 Å². The van der Waals surface area contributed by atoms with Gasteiger partial charge >= 0.3 is 0 Å². The number of amides is 1. The van der Waals surface area contributed by atoms with Crippen LogP contribution in [0.25, 0.3) is 0 Å². The van der Waals surface area contributed by atoms with Crippen LogP contribution in [-0.2, 0) is 4.79 Å². The third-order valence-electron chi connectivity index (χ3n) is 4.45. The quantitative estimate of drug-likeness (QED) is 0.943. The van der Waals surface area contributed by atoms with Crippen molar-refractivity contribution in [1.29, 1.82) is 0 Å². The summed E-state index contributed by atoms with van der Waals surface area (Å²) >= 11 is 0. The summed E-state index contributed by atoms with van der Waals surface area (Å²) < 4.78 is 1.80. The zero-order chi connectivity index (χ0) is 16.4. The minimum absolute atomic E-state index is 0.0381. The topological polar surface area (TPSA) is 50.2 Å². The molecule has 0 radical (unpaired) electrons. The number of carbonyl (C=O) groups excluding carboxylic acids is 1. The lowest BCUT2D eigenvalue weighted by Crippen LogP contribution is -2.41. The van der Waals surface area contributed by atoms with Gasteiger partial charge in [0.2, 0.25) is 5.91 Å². The first-order chi connectivity index (χ1) is 11.0. The highest BCUT2D eigenvalue weighted by atomic mass is 16.2. The van der Waals surface area contributed by atoms with E-state index in [0.717, 1.165) is 30.9 Å². The Balaban J connectivity index is 1.60. The number of benzene rings is 1. The molecule has 1 N–H and O–H groups in total. The van der Waals surface area contributed by atoms with Crippen molar-refractivity contribution in [2.45, 2.75) is 39.3 Å². The van der Waals surface area contributed by atoms with Gasteiger partial charge in [0.15, 0.2) is 0 Å². The van der Waals surface area contributed by atoms with Gasteiger partial charge in [0, 0.05) is 30.5 Å². The monoisotopic (exact) mass is 312 g/mol. The Hall–Kier alpha value is -2.30. The summed E-state index contributed by atoms with van der Waals surface area (Å²) in [6.07, 6.45) is 0.977. The number of aryl methyl sites for hydroxylation is 2. The summed E-state index contributed by atoms with van der Waals surface area (Å²) in [6, 6.07) is 12.3. The maximum absolute atomic E-state index is 12.5. The van der Waals surface area contributed by atoms with E-state index in [-0.39, 0.29) is 18.0 Å². The Bertz CT molecular complexity index is 680. The molecule has 0 aliphatic carbocycles. The van der Waals surface area contributed by atoms with Crippen molar-refractivity contribution in [3.63, 3.8) is 0 Å². The summed E-state index contributed by atoms with van der Waals surface area (Å²) in [5.41, 5.74) is 3.18. The number of rotatable bonds is 4. The van der Waals surface area contributed by atoms with Crippen molar-refractivity contribution in [2.24, 2.45) is 0 Å². The molecule has 2 aromatic rings. The maximum Gasteiger partial charge on any atom is 0.244 e. The fraction of sp³-hybridized carbons (Fsp3) is 0.444. The number of hydrogen-bond acceptors (Lipinski definition) is 3. The lowest BCUT2D eigenvalue weighted by molar-refractivity contribution is -0.124. The van der Waals surface area contributed by atoms with E-state index in [0.29, 0.717) is 0 Å². The minimum Gasteiger partial charge on any atom is -0.369 e. The number of para-hydroxylation sites is 1. The molecular formula is C18H24N4O. The third kappa shape index (κ3) is 3.38. The first-order valence-corrected chi connectivity index (χ1v) is 8.17. The zero-order valence-corrected chi connectivity index (χ0v) is 14.0. The number of anilines is 1. The van der Waals surface area contributed by atoms with E-state index in [4.69, 9.17) is 0 Å². The molecule has 122 valence electrons. The second-order valence-electron chi connectivity index (χ2n) is 6.32. The Kier molecular flexibility index (Phi) is 4.37.